The molecule has 2 atom stereocenters. The van der Waals surface area contributed by atoms with Gasteiger partial charge in [-0.15, -0.1) is 0 Å². The average Bonchev–Trinajstić information content (AvgIpc) is 3.06. The van der Waals surface area contributed by atoms with E-state index in [2.05, 4.69) is 25.2 Å². The van der Waals surface area contributed by atoms with Crippen LogP contribution in [0.5, 0.6) is 0 Å². The van der Waals surface area contributed by atoms with Gasteiger partial charge in [-0.05, 0) is 48.6 Å². The summed E-state index contributed by atoms with van der Waals surface area (Å²) in [6.07, 6.45) is 3.87. The van der Waals surface area contributed by atoms with Crippen LogP contribution in [-0.2, 0) is 9.59 Å². The second-order valence-corrected chi connectivity index (χ2v) is 9.10. The minimum Gasteiger partial charge on any atom is -0.354 e. The molecule has 28 heavy (non-hydrogen) atoms. The van der Waals surface area contributed by atoms with Crippen molar-refractivity contribution in [2.24, 2.45) is 17.3 Å². The second kappa shape index (κ2) is 7.95. The third kappa shape index (κ3) is 4.22. The van der Waals surface area contributed by atoms with Crippen LogP contribution in [0.4, 0.5) is 4.79 Å². The maximum absolute atomic E-state index is 12.5. The summed E-state index contributed by atoms with van der Waals surface area (Å²) in [6.45, 7) is 8.70. The Hall–Kier alpha value is -2.34. The molecule has 6 heteroatoms. The molecule has 0 spiro atoms. The molecule has 5 nitrogen and oxygen atoms in total. The van der Waals surface area contributed by atoms with Crippen LogP contribution in [-0.4, -0.2) is 35.0 Å². The third-order valence-corrected chi connectivity index (χ3v) is 6.22. The lowest BCUT2D eigenvalue weighted by atomic mass is 10.1. The molecule has 1 heterocycles. The number of thioether (sulfide) groups is 1. The first kappa shape index (κ1) is 20.4. The number of carbonyl (C=O) groups is 3. The molecule has 148 valence electrons. The fourth-order valence-corrected chi connectivity index (χ4v) is 4.51. The Kier molecular flexibility index (Phi) is 5.79. The monoisotopic (exact) mass is 398 g/mol. The van der Waals surface area contributed by atoms with Crippen molar-refractivity contribution in [1.29, 1.82) is 0 Å². The van der Waals surface area contributed by atoms with Gasteiger partial charge in [-0.3, -0.25) is 19.3 Å². The number of rotatable bonds is 6. The molecule has 1 aromatic carbocycles. The average molecular weight is 399 g/mol. The quantitative estimate of drug-likeness (QED) is 0.579. The van der Waals surface area contributed by atoms with Gasteiger partial charge in [0.25, 0.3) is 11.1 Å². The smallest absolute Gasteiger partial charge is 0.293 e. The zero-order valence-electron chi connectivity index (χ0n) is 16.7. The number of carbonyl (C=O) groups excluding carboxylic acids is 3. The number of amides is 3. The van der Waals surface area contributed by atoms with E-state index >= 15 is 0 Å². The van der Waals surface area contributed by atoms with Gasteiger partial charge in [0.2, 0.25) is 5.91 Å². The Balaban J connectivity index is 1.55. The van der Waals surface area contributed by atoms with Crippen molar-refractivity contribution in [2.75, 3.05) is 13.1 Å². The molecule has 2 aliphatic rings. The summed E-state index contributed by atoms with van der Waals surface area (Å²) in [5.74, 6) is -0.139. The predicted octanol–water partition coefficient (Wildman–Crippen LogP) is 4.08. The topological polar surface area (TPSA) is 66.5 Å². The van der Waals surface area contributed by atoms with Gasteiger partial charge in [-0.25, -0.2) is 0 Å². The zero-order valence-corrected chi connectivity index (χ0v) is 17.5. The van der Waals surface area contributed by atoms with E-state index in [4.69, 9.17) is 0 Å². The van der Waals surface area contributed by atoms with E-state index in [9.17, 15) is 14.4 Å². The van der Waals surface area contributed by atoms with Crippen LogP contribution in [0.3, 0.4) is 0 Å². The SMILES string of the molecule is CC(C)=CC1C(C(=O)NCCN2C(=O)S/C(=C/c3ccccc3)C2=O)C1(C)C. The molecule has 0 bridgehead atoms. The summed E-state index contributed by atoms with van der Waals surface area (Å²) in [6, 6.07) is 9.43. The Bertz CT molecular complexity index is 854. The van der Waals surface area contributed by atoms with Gasteiger partial charge in [0, 0.05) is 13.1 Å². The van der Waals surface area contributed by atoms with Crippen molar-refractivity contribution in [3.8, 4) is 0 Å². The number of hydrogen-bond donors (Lipinski definition) is 1. The van der Waals surface area contributed by atoms with Gasteiger partial charge in [0.1, 0.15) is 0 Å². The van der Waals surface area contributed by atoms with Gasteiger partial charge in [-0.1, -0.05) is 55.8 Å². The fraction of sp³-hybridized carbons (Fsp3) is 0.409. The van der Waals surface area contributed by atoms with Crippen molar-refractivity contribution in [1.82, 2.24) is 10.2 Å². The lowest BCUT2D eigenvalue weighted by Crippen LogP contribution is -2.38. The van der Waals surface area contributed by atoms with Crippen LogP contribution in [0.25, 0.3) is 6.08 Å². The zero-order chi connectivity index (χ0) is 20.5. The standard InChI is InChI=1S/C22H26N2O3S/c1-14(2)12-16-18(22(16,3)4)19(25)23-10-11-24-20(26)17(28-21(24)27)13-15-8-6-5-7-9-15/h5-9,12-13,16,18H,10-11H2,1-4H3,(H,23,25)/b17-13+. The van der Waals surface area contributed by atoms with E-state index < -0.39 is 0 Å². The number of hydrogen-bond acceptors (Lipinski definition) is 4. The van der Waals surface area contributed by atoms with Crippen molar-refractivity contribution < 1.29 is 14.4 Å². The number of imide groups is 1. The van der Waals surface area contributed by atoms with Crippen molar-refractivity contribution >= 4 is 34.9 Å². The molecule has 2 unspecified atom stereocenters. The molecule has 1 aliphatic heterocycles. The first-order valence-corrected chi connectivity index (χ1v) is 10.3. The molecule has 1 saturated carbocycles. The molecule has 0 aromatic heterocycles. The van der Waals surface area contributed by atoms with E-state index in [0.29, 0.717) is 4.91 Å². The van der Waals surface area contributed by atoms with Gasteiger partial charge < -0.3 is 5.32 Å². The summed E-state index contributed by atoms with van der Waals surface area (Å²) >= 11 is 0.939. The highest BCUT2D eigenvalue weighted by molar-refractivity contribution is 8.18. The van der Waals surface area contributed by atoms with Crippen LogP contribution in [0.2, 0.25) is 0 Å². The number of nitrogens with one attached hydrogen (secondary N) is 1. The Morgan fingerprint density at radius 1 is 1.21 bits per heavy atom. The van der Waals surface area contributed by atoms with Gasteiger partial charge in [0.15, 0.2) is 0 Å². The van der Waals surface area contributed by atoms with Gasteiger partial charge in [-0.2, -0.15) is 0 Å². The van der Waals surface area contributed by atoms with E-state index in [-0.39, 0.29) is 47.4 Å². The molecule has 2 fully saturated rings. The Labute approximate surface area is 170 Å². The number of allylic oxidation sites excluding steroid dienone is 2. The van der Waals surface area contributed by atoms with Gasteiger partial charge >= 0.3 is 0 Å². The van der Waals surface area contributed by atoms with E-state index in [1.807, 2.05) is 44.2 Å². The highest BCUT2D eigenvalue weighted by atomic mass is 32.2. The number of benzene rings is 1. The van der Waals surface area contributed by atoms with E-state index in [1.165, 1.54) is 10.5 Å². The largest absolute Gasteiger partial charge is 0.354 e. The van der Waals surface area contributed by atoms with Crippen LogP contribution in [0, 0.1) is 17.3 Å². The Morgan fingerprint density at radius 2 is 1.89 bits per heavy atom. The molecule has 1 aliphatic carbocycles. The van der Waals surface area contributed by atoms with Crippen LogP contribution >= 0.6 is 11.8 Å². The summed E-state index contributed by atoms with van der Waals surface area (Å²) in [7, 11) is 0. The van der Waals surface area contributed by atoms with Crippen molar-refractivity contribution in [3.63, 3.8) is 0 Å². The lowest BCUT2D eigenvalue weighted by Gasteiger charge is -2.13. The predicted molar refractivity (Wildman–Crippen MR) is 112 cm³/mol. The molecule has 3 amide bonds. The van der Waals surface area contributed by atoms with Crippen molar-refractivity contribution in [3.05, 3.63) is 52.4 Å². The second-order valence-electron chi connectivity index (χ2n) is 8.10. The molecule has 1 saturated heterocycles. The summed E-state index contributed by atoms with van der Waals surface area (Å²) in [5, 5.41) is 2.60. The lowest BCUT2D eigenvalue weighted by molar-refractivity contribution is -0.125. The van der Waals surface area contributed by atoms with Gasteiger partial charge in [0.05, 0.1) is 10.8 Å². The normalized spacial score (nSPS) is 24.4. The highest BCUT2D eigenvalue weighted by Gasteiger charge is 2.60. The third-order valence-electron chi connectivity index (χ3n) is 5.31. The minimum absolute atomic E-state index is 0.0145. The summed E-state index contributed by atoms with van der Waals surface area (Å²) in [5.41, 5.74) is 2.03. The Morgan fingerprint density at radius 3 is 2.54 bits per heavy atom. The van der Waals surface area contributed by atoms with E-state index in [1.54, 1.807) is 6.08 Å². The highest BCUT2D eigenvalue weighted by Crippen LogP contribution is 2.59. The molecule has 1 N–H and O–H groups in total. The first-order valence-electron chi connectivity index (χ1n) is 9.45. The summed E-state index contributed by atoms with van der Waals surface area (Å²) in [4.78, 5) is 38.8. The van der Waals surface area contributed by atoms with Crippen molar-refractivity contribution in [2.45, 2.75) is 27.7 Å². The van der Waals surface area contributed by atoms with Crippen LogP contribution < -0.4 is 5.32 Å². The minimum atomic E-state index is -0.303. The fourth-order valence-electron chi connectivity index (χ4n) is 3.64. The maximum atomic E-state index is 12.5. The molecule has 0 radical (unpaired) electrons. The first-order chi connectivity index (χ1) is 13.2. The molecular formula is C22H26N2O3S. The summed E-state index contributed by atoms with van der Waals surface area (Å²) < 4.78 is 0. The van der Waals surface area contributed by atoms with Crippen LogP contribution in [0.1, 0.15) is 33.3 Å². The number of nitrogens with zero attached hydrogens (tertiary/aromatic N) is 1. The maximum Gasteiger partial charge on any atom is 0.293 e. The van der Waals surface area contributed by atoms with E-state index in [0.717, 1.165) is 17.3 Å². The molecular weight excluding hydrogens is 372 g/mol. The molecule has 1 aromatic rings. The van der Waals surface area contributed by atoms with Crippen LogP contribution in [0.15, 0.2) is 46.9 Å². The molecule has 3 rings (SSSR count).